The van der Waals surface area contributed by atoms with Crippen molar-refractivity contribution in [1.29, 1.82) is 0 Å². The zero-order valence-electron chi connectivity index (χ0n) is 8.19. The molecule has 2 unspecified atom stereocenters. The number of aromatic amines is 1. The van der Waals surface area contributed by atoms with Crippen LogP contribution in [0.4, 0.5) is 0 Å². The highest BCUT2D eigenvalue weighted by atomic mass is 16.5. The van der Waals surface area contributed by atoms with Crippen molar-refractivity contribution in [1.82, 2.24) is 9.97 Å². The lowest BCUT2D eigenvalue weighted by molar-refractivity contribution is -0.123. The number of carbonyl (C=O) groups excluding carboxylic acids is 1. The Kier molecular flexibility index (Phi) is 2.63. The normalized spacial score (nSPS) is 26.6. The molecule has 2 atom stereocenters. The lowest BCUT2D eigenvalue weighted by Crippen LogP contribution is -2.23. The maximum absolute atomic E-state index is 11.8. The van der Waals surface area contributed by atoms with Crippen molar-refractivity contribution in [2.45, 2.75) is 25.9 Å². The first-order valence-corrected chi connectivity index (χ1v) is 4.90. The summed E-state index contributed by atoms with van der Waals surface area (Å²) in [6, 6.07) is 0. The average molecular weight is 194 g/mol. The Bertz CT molecular complexity index is 308. The second-order valence-electron chi connectivity index (χ2n) is 3.65. The molecule has 76 valence electrons. The third-order valence-corrected chi connectivity index (χ3v) is 2.69. The number of ketones is 1. The number of hydrogen-bond donors (Lipinski definition) is 1. The quantitative estimate of drug-likeness (QED) is 0.779. The van der Waals surface area contributed by atoms with Crippen molar-refractivity contribution in [2.24, 2.45) is 5.92 Å². The molecular formula is C10H14N2O2. The molecule has 1 aromatic rings. The van der Waals surface area contributed by atoms with Gasteiger partial charge in [-0.1, -0.05) is 0 Å². The van der Waals surface area contributed by atoms with Crippen molar-refractivity contribution in [3.05, 3.63) is 18.2 Å². The second kappa shape index (κ2) is 3.92. The fourth-order valence-electron chi connectivity index (χ4n) is 1.85. The van der Waals surface area contributed by atoms with Gasteiger partial charge in [0.05, 0.1) is 12.5 Å². The lowest BCUT2D eigenvalue weighted by atomic mass is 9.95. The van der Waals surface area contributed by atoms with Crippen LogP contribution < -0.4 is 0 Å². The first-order valence-electron chi connectivity index (χ1n) is 4.90. The number of Topliss-reactive ketones (excluding diaryl/α,β-unsaturated/α-hetero) is 1. The Morgan fingerprint density at radius 3 is 3.21 bits per heavy atom. The van der Waals surface area contributed by atoms with Crippen LogP contribution in [-0.4, -0.2) is 28.5 Å². The summed E-state index contributed by atoms with van der Waals surface area (Å²) in [6.45, 7) is 2.66. The summed E-state index contributed by atoms with van der Waals surface area (Å²) in [5.41, 5.74) is 0. The van der Waals surface area contributed by atoms with Crippen LogP contribution in [-0.2, 0) is 16.0 Å². The fraction of sp³-hybridized carbons (Fsp3) is 0.600. The van der Waals surface area contributed by atoms with E-state index in [1.54, 1.807) is 12.4 Å². The van der Waals surface area contributed by atoms with Gasteiger partial charge in [0.2, 0.25) is 0 Å². The standard InChI is InChI=1S/C10H14N2O2/c1-7-8(2-5-14-7)9(13)6-10-11-3-4-12-10/h3-4,7-8H,2,5-6H2,1H3,(H,11,12). The molecule has 0 aliphatic carbocycles. The minimum atomic E-state index is 0.0556. The molecule has 4 heteroatoms. The molecule has 0 aromatic carbocycles. The van der Waals surface area contributed by atoms with Crippen LogP contribution in [0.5, 0.6) is 0 Å². The van der Waals surface area contributed by atoms with Gasteiger partial charge in [-0.3, -0.25) is 4.79 Å². The predicted octanol–water partition coefficient (Wildman–Crippen LogP) is 0.946. The third kappa shape index (κ3) is 1.85. The molecule has 0 radical (unpaired) electrons. The highest BCUT2D eigenvalue weighted by Gasteiger charge is 2.30. The van der Waals surface area contributed by atoms with Crippen molar-refractivity contribution in [3.63, 3.8) is 0 Å². The van der Waals surface area contributed by atoms with E-state index in [1.165, 1.54) is 0 Å². The first-order chi connectivity index (χ1) is 6.77. The summed E-state index contributed by atoms with van der Waals surface area (Å²) < 4.78 is 5.35. The van der Waals surface area contributed by atoms with Crippen molar-refractivity contribution < 1.29 is 9.53 Å². The summed E-state index contributed by atoms with van der Waals surface area (Å²) in [7, 11) is 0. The molecule has 2 heterocycles. The fourth-order valence-corrected chi connectivity index (χ4v) is 1.85. The molecule has 1 fully saturated rings. The highest BCUT2D eigenvalue weighted by Crippen LogP contribution is 2.22. The Hall–Kier alpha value is -1.16. The van der Waals surface area contributed by atoms with E-state index in [2.05, 4.69) is 9.97 Å². The Balaban J connectivity index is 1.95. The molecule has 0 spiro atoms. The molecule has 1 aromatic heterocycles. The zero-order valence-corrected chi connectivity index (χ0v) is 8.19. The number of nitrogens with zero attached hydrogens (tertiary/aromatic N) is 1. The molecular weight excluding hydrogens is 180 g/mol. The molecule has 1 saturated heterocycles. The van der Waals surface area contributed by atoms with Crippen LogP contribution in [0.3, 0.4) is 0 Å². The molecule has 0 amide bonds. The van der Waals surface area contributed by atoms with Crippen LogP contribution in [0.25, 0.3) is 0 Å². The van der Waals surface area contributed by atoms with Gasteiger partial charge < -0.3 is 9.72 Å². The van der Waals surface area contributed by atoms with Gasteiger partial charge in [0, 0.05) is 24.9 Å². The minimum Gasteiger partial charge on any atom is -0.378 e. The number of ether oxygens (including phenoxy) is 1. The minimum absolute atomic E-state index is 0.0556. The van der Waals surface area contributed by atoms with Gasteiger partial charge in [-0.15, -0.1) is 0 Å². The monoisotopic (exact) mass is 194 g/mol. The van der Waals surface area contributed by atoms with Crippen LogP contribution in [0.15, 0.2) is 12.4 Å². The molecule has 4 nitrogen and oxygen atoms in total. The summed E-state index contributed by atoms with van der Waals surface area (Å²) in [5.74, 6) is 1.03. The van der Waals surface area contributed by atoms with Gasteiger partial charge >= 0.3 is 0 Å². The third-order valence-electron chi connectivity index (χ3n) is 2.69. The molecule has 0 bridgehead atoms. The van der Waals surface area contributed by atoms with Gasteiger partial charge in [-0.05, 0) is 13.3 Å². The lowest BCUT2D eigenvalue weighted by Gasteiger charge is -2.11. The maximum atomic E-state index is 11.8. The largest absolute Gasteiger partial charge is 0.378 e. The van der Waals surface area contributed by atoms with E-state index < -0.39 is 0 Å². The van der Waals surface area contributed by atoms with Gasteiger partial charge in [-0.25, -0.2) is 4.98 Å². The highest BCUT2D eigenvalue weighted by molar-refractivity contribution is 5.83. The number of imidazole rings is 1. The SMILES string of the molecule is CC1OCCC1C(=O)Cc1ncc[nH]1. The van der Waals surface area contributed by atoms with Gasteiger partial charge in [-0.2, -0.15) is 0 Å². The average Bonchev–Trinajstić information content (AvgIpc) is 2.75. The van der Waals surface area contributed by atoms with E-state index >= 15 is 0 Å². The molecule has 1 N–H and O–H groups in total. The number of rotatable bonds is 3. The van der Waals surface area contributed by atoms with Crippen LogP contribution in [0, 0.1) is 5.92 Å². The molecule has 0 saturated carbocycles. The van der Waals surface area contributed by atoms with Crippen LogP contribution in [0.2, 0.25) is 0 Å². The Labute approximate surface area is 82.7 Å². The molecule has 2 rings (SSSR count). The smallest absolute Gasteiger partial charge is 0.146 e. The number of hydrogen-bond acceptors (Lipinski definition) is 3. The summed E-state index contributed by atoms with van der Waals surface area (Å²) >= 11 is 0. The molecule has 1 aliphatic rings. The van der Waals surface area contributed by atoms with Crippen LogP contribution >= 0.6 is 0 Å². The van der Waals surface area contributed by atoms with E-state index in [9.17, 15) is 4.79 Å². The summed E-state index contributed by atoms with van der Waals surface area (Å²) in [6.07, 6.45) is 4.71. The van der Waals surface area contributed by atoms with Gasteiger partial charge in [0.25, 0.3) is 0 Å². The second-order valence-corrected chi connectivity index (χ2v) is 3.65. The van der Waals surface area contributed by atoms with Crippen molar-refractivity contribution in [3.8, 4) is 0 Å². The topological polar surface area (TPSA) is 55.0 Å². The Morgan fingerprint density at radius 2 is 2.64 bits per heavy atom. The van der Waals surface area contributed by atoms with E-state index in [0.717, 1.165) is 12.2 Å². The zero-order chi connectivity index (χ0) is 9.97. The van der Waals surface area contributed by atoms with Gasteiger partial charge in [0.1, 0.15) is 11.6 Å². The first kappa shape index (κ1) is 9.40. The molecule has 1 aliphatic heterocycles. The number of H-pyrrole nitrogens is 1. The number of carbonyl (C=O) groups is 1. The summed E-state index contributed by atoms with van der Waals surface area (Å²) in [5, 5.41) is 0. The summed E-state index contributed by atoms with van der Waals surface area (Å²) in [4.78, 5) is 18.8. The van der Waals surface area contributed by atoms with E-state index in [1.807, 2.05) is 6.92 Å². The van der Waals surface area contributed by atoms with E-state index in [4.69, 9.17) is 4.74 Å². The van der Waals surface area contributed by atoms with Crippen LogP contribution in [0.1, 0.15) is 19.2 Å². The van der Waals surface area contributed by atoms with Gasteiger partial charge in [0.15, 0.2) is 0 Å². The predicted molar refractivity (Wildman–Crippen MR) is 50.8 cm³/mol. The number of nitrogens with one attached hydrogen (secondary N) is 1. The maximum Gasteiger partial charge on any atom is 0.146 e. The molecule has 14 heavy (non-hydrogen) atoms. The Morgan fingerprint density at radius 1 is 1.79 bits per heavy atom. The van der Waals surface area contributed by atoms with E-state index in [-0.39, 0.29) is 17.8 Å². The van der Waals surface area contributed by atoms with Crippen molar-refractivity contribution >= 4 is 5.78 Å². The number of aromatic nitrogens is 2. The van der Waals surface area contributed by atoms with Crippen molar-refractivity contribution in [2.75, 3.05) is 6.61 Å². The van der Waals surface area contributed by atoms with E-state index in [0.29, 0.717) is 13.0 Å².